The highest BCUT2D eigenvalue weighted by molar-refractivity contribution is 5.27. The Balaban J connectivity index is 2.87. The van der Waals surface area contributed by atoms with Gasteiger partial charge >= 0.3 is 6.18 Å². The van der Waals surface area contributed by atoms with E-state index >= 15 is 0 Å². The molecule has 0 fully saturated rings. The molecular weight excluding hydrogens is 213 g/mol. The zero-order valence-corrected chi connectivity index (χ0v) is 9.81. The largest absolute Gasteiger partial charge is 0.416 e. The highest BCUT2D eigenvalue weighted by Crippen LogP contribution is 2.32. The highest BCUT2D eigenvalue weighted by Gasteiger charge is 2.30. The summed E-state index contributed by atoms with van der Waals surface area (Å²) in [6, 6.07) is 5.49. The molecule has 0 spiro atoms. The van der Waals surface area contributed by atoms with Crippen LogP contribution in [0.1, 0.15) is 44.2 Å². The molecule has 0 heterocycles. The Bertz CT molecular complexity index is 324. The molecule has 1 aromatic carbocycles. The predicted octanol–water partition coefficient (Wildman–Crippen LogP) is 4.86. The second-order valence-electron chi connectivity index (χ2n) is 4.29. The van der Waals surface area contributed by atoms with Crippen molar-refractivity contribution in [3.63, 3.8) is 0 Å². The van der Waals surface area contributed by atoms with E-state index in [1.165, 1.54) is 0 Å². The fourth-order valence-electron chi connectivity index (χ4n) is 1.66. The maximum atomic E-state index is 12.3. The molecule has 0 aliphatic heterocycles. The Morgan fingerprint density at radius 1 is 1.06 bits per heavy atom. The van der Waals surface area contributed by atoms with Crippen molar-refractivity contribution in [1.29, 1.82) is 0 Å². The smallest absolute Gasteiger partial charge is 0.166 e. The minimum atomic E-state index is -4.24. The van der Waals surface area contributed by atoms with E-state index in [0.717, 1.165) is 24.1 Å². The van der Waals surface area contributed by atoms with Gasteiger partial charge in [-0.05, 0) is 29.5 Å². The molecule has 1 unspecified atom stereocenters. The second kappa shape index (κ2) is 4.89. The molecule has 0 aliphatic rings. The second-order valence-corrected chi connectivity index (χ2v) is 4.29. The molecule has 0 radical (unpaired) electrons. The molecule has 1 aromatic rings. The van der Waals surface area contributed by atoms with Crippen molar-refractivity contribution in [2.75, 3.05) is 0 Å². The number of halogens is 3. The Morgan fingerprint density at radius 2 is 1.56 bits per heavy atom. The van der Waals surface area contributed by atoms with E-state index in [0.29, 0.717) is 11.8 Å². The van der Waals surface area contributed by atoms with Crippen LogP contribution in [0.4, 0.5) is 13.2 Å². The van der Waals surface area contributed by atoms with Gasteiger partial charge in [-0.3, -0.25) is 0 Å². The van der Waals surface area contributed by atoms with E-state index in [1.807, 2.05) is 0 Å². The van der Waals surface area contributed by atoms with Gasteiger partial charge in [0.05, 0.1) is 5.56 Å². The van der Waals surface area contributed by atoms with Gasteiger partial charge in [-0.1, -0.05) is 39.3 Å². The zero-order chi connectivity index (χ0) is 12.3. The molecule has 0 aliphatic carbocycles. The van der Waals surface area contributed by atoms with E-state index in [9.17, 15) is 13.2 Å². The summed E-state index contributed by atoms with van der Waals surface area (Å²) < 4.78 is 37.0. The Labute approximate surface area is 94.5 Å². The van der Waals surface area contributed by atoms with E-state index < -0.39 is 11.7 Å². The van der Waals surface area contributed by atoms with Gasteiger partial charge in [0, 0.05) is 0 Å². The molecule has 3 heteroatoms. The van der Waals surface area contributed by atoms with Crippen LogP contribution in [-0.2, 0) is 6.18 Å². The maximum absolute atomic E-state index is 12.3. The van der Waals surface area contributed by atoms with Gasteiger partial charge < -0.3 is 0 Å². The molecule has 0 saturated heterocycles. The van der Waals surface area contributed by atoms with Gasteiger partial charge in [0.25, 0.3) is 0 Å². The fourth-order valence-corrected chi connectivity index (χ4v) is 1.66. The first-order valence-corrected chi connectivity index (χ1v) is 5.53. The lowest BCUT2D eigenvalue weighted by atomic mass is 9.87. The lowest BCUT2D eigenvalue weighted by Gasteiger charge is -2.19. The third-order valence-corrected chi connectivity index (χ3v) is 3.26. The van der Waals surface area contributed by atoms with Crippen LogP contribution in [0.5, 0.6) is 0 Å². The Hall–Kier alpha value is -0.990. The minimum Gasteiger partial charge on any atom is -0.166 e. The van der Waals surface area contributed by atoms with Crippen molar-refractivity contribution in [3.05, 3.63) is 35.4 Å². The van der Waals surface area contributed by atoms with Gasteiger partial charge in [0.1, 0.15) is 0 Å². The summed E-state index contributed by atoms with van der Waals surface area (Å²) in [6.45, 7) is 6.25. The molecule has 16 heavy (non-hydrogen) atoms. The van der Waals surface area contributed by atoms with Gasteiger partial charge in [0.15, 0.2) is 0 Å². The molecule has 1 rings (SSSR count). The number of rotatable bonds is 3. The first-order chi connectivity index (χ1) is 7.36. The average molecular weight is 230 g/mol. The Kier molecular flexibility index (Phi) is 4.00. The standard InChI is InChI=1S/C13H17F3/c1-4-9(2)10(3)11-5-7-12(8-6-11)13(14,15)16/h5-10H,4H2,1-3H3/t9-,10?/m1/s1. The normalized spacial score (nSPS) is 15.9. The lowest BCUT2D eigenvalue weighted by molar-refractivity contribution is -0.137. The summed E-state index contributed by atoms with van der Waals surface area (Å²) in [5.41, 5.74) is 0.398. The molecular formula is C13H17F3. The van der Waals surface area contributed by atoms with Gasteiger partial charge in [-0.15, -0.1) is 0 Å². The lowest BCUT2D eigenvalue weighted by Crippen LogP contribution is -2.07. The summed E-state index contributed by atoms with van der Waals surface area (Å²) in [5, 5.41) is 0. The van der Waals surface area contributed by atoms with Crippen LogP contribution in [0, 0.1) is 5.92 Å². The highest BCUT2D eigenvalue weighted by atomic mass is 19.4. The van der Waals surface area contributed by atoms with Crippen molar-refractivity contribution in [3.8, 4) is 0 Å². The summed E-state index contributed by atoms with van der Waals surface area (Å²) in [5.74, 6) is 0.782. The molecule has 90 valence electrons. The summed E-state index contributed by atoms with van der Waals surface area (Å²) in [6.07, 6.45) is -3.21. The van der Waals surface area contributed by atoms with Gasteiger partial charge in [-0.25, -0.2) is 0 Å². The van der Waals surface area contributed by atoms with E-state index in [2.05, 4.69) is 20.8 Å². The first-order valence-electron chi connectivity index (χ1n) is 5.53. The van der Waals surface area contributed by atoms with Crippen LogP contribution in [0.15, 0.2) is 24.3 Å². The fraction of sp³-hybridized carbons (Fsp3) is 0.538. The third-order valence-electron chi connectivity index (χ3n) is 3.26. The van der Waals surface area contributed by atoms with Crippen molar-refractivity contribution in [2.45, 2.75) is 39.3 Å². The van der Waals surface area contributed by atoms with Crippen molar-refractivity contribution in [1.82, 2.24) is 0 Å². The molecule has 0 N–H and O–H groups in total. The van der Waals surface area contributed by atoms with Gasteiger partial charge in [-0.2, -0.15) is 13.2 Å². The molecule has 2 atom stereocenters. The number of alkyl halides is 3. The van der Waals surface area contributed by atoms with Crippen molar-refractivity contribution < 1.29 is 13.2 Å². The van der Waals surface area contributed by atoms with Crippen LogP contribution in [0.25, 0.3) is 0 Å². The van der Waals surface area contributed by atoms with Crippen LogP contribution in [0.2, 0.25) is 0 Å². The summed E-state index contributed by atoms with van der Waals surface area (Å²) in [7, 11) is 0. The Morgan fingerprint density at radius 3 is 1.94 bits per heavy atom. The minimum absolute atomic E-state index is 0.298. The van der Waals surface area contributed by atoms with Crippen molar-refractivity contribution >= 4 is 0 Å². The predicted molar refractivity (Wildman–Crippen MR) is 59.3 cm³/mol. The topological polar surface area (TPSA) is 0 Å². The summed E-state index contributed by atoms with van der Waals surface area (Å²) in [4.78, 5) is 0. The molecule has 0 bridgehead atoms. The molecule has 0 saturated carbocycles. The first kappa shape index (κ1) is 13.1. The van der Waals surface area contributed by atoms with Crippen LogP contribution in [-0.4, -0.2) is 0 Å². The van der Waals surface area contributed by atoms with Gasteiger partial charge in [0.2, 0.25) is 0 Å². The van der Waals surface area contributed by atoms with E-state index in [-0.39, 0.29) is 0 Å². The maximum Gasteiger partial charge on any atom is 0.416 e. The number of hydrogen-bond donors (Lipinski definition) is 0. The van der Waals surface area contributed by atoms with E-state index in [4.69, 9.17) is 0 Å². The van der Waals surface area contributed by atoms with Crippen molar-refractivity contribution in [2.24, 2.45) is 5.92 Å². The van der Waals surface area contributed by atoms with Crippen LogP contribution >= 0.6 is 0 Å². The average Bonchev–Trinajstić information content (AvgIpc) is 2.26. The zero-order valence-electron chi connectivity index (χ0n) is 9.81. The summed E-state index contributed by atoms with van der Waals surface area (Å²) >= 11 is 0. The van der Waals surface area contributed by atoms with Crippen LogP contribution in [0.3, 0.4) is 0 Å². The SMILES string of the molecule is CC[C@@H](C)C(C)c1ccc(C(F)(F)F)cc1. The molecule has 0 nitrogen and oxygen atoms in total. The number of hydrogen-bond acceptors (Lipinski definition) is 0. The number of benzene rings is 1. The van der Waals surface area contributed by atoms with Crippen LogP contribution < -0.4 is 0 Å². The monoisotopic (exact) mass is 230 g/mol. The van der Waals surface area contributed by atoms with E-state index in [1.54, 1.807) is 12.1 Å². The molecule has 0 amide bonds. The molecule has 0 aromatic heterocycles. The third kappa shape index (κ3) is 3.00. The quantitative estimate of drug-likeness (QED) is 0.696.